The second-order valence-electron chi connectivity index (χ2n) is 6.83. The highest BCUT2D eigenvalue weighted by Gasteiger charge is 2.23. The Balaban J connectivity index is 1.35. The Kier molecular flexibility index (Phi) is 5.18. The second-order valence-corrected chi connectivity index (χ2v) is 6.83. The van der Waals surface area contributed by atoms with Crippen LogP contribution in [0.25, 0.3) is 11.5 Å². The molecule has 1 aliphatic heterocycles. The Morgan fingerprint density at radius 1 is 1.23 bits per heavy atom. The summed E-state index contributed by atoms with van der Waals surface area (Å²) in [6, 6.07) is 12.2. The Morgan fingerprint density at radius 2 is 2.12 bits per heavy atom. The summed E-state index contributed by atoms with van der Waals surface area (Å²) in [7, 11) is 0. The summed E-state index contributed by atoms with van der Waals surface area (Å²) in [5.41, 5.74) is 3.09. The van der Waals surface area contributed by atoms with Gasteiger partial charge in [0.15, 0.2) is 0 Å². The molecule has 1 atom stereocenters. The summed E-state index contributed by atoms with van der Waals surface area (Å²) in [5, 5.41) is 0. The maximum Gasteiger partial charge on any atom is 0.229 e. The van der Waals surface area contributed by atoms with Gasteiger partial charge >= 0.3 is 0 Å². The first-order valence-electron chi connectivity index (χ1n) is 9.14. The first kappa shape index (κ1) is 17.1. The maximum absolute atomic E-state index is 6.13. The van der Waals surface area contributed by atoms with Crippen LogP contribution in [0.3, 0.4) is 0 Å². The Bertz CT molecular complexity index is 811. The van der Waals surface area contributed by atoms with Crippen LogP contribution in [0.15, 0.2) is 57.8 Å². The van der Waals surface area contributed by atoms with Crippen molar-refractivity contribution in [2.45, 2.75) is 39.0 Å². The van der Waals surface area contributed by atoms with Gasteiger partial charge in [-0.2, -0.15) is 0 Å². The molecule has 0 bridgehead atoms. The number of aryl methyl sites for hydroxylation is 1. The number of aromatic nitrogens is 1. The van der Waals surface area contributed by atoms with Crippen molar-refractivity contribution in [2.75, 3.05) is 13.1 Å². The Hall–Kier alpha value is -2.37. The average molecular weight is 352 g/mol. The van der Waals surface area contributed by atoms with Gasteiger partial charge in [-0.05, 0) is 37.9 Å². The molecular weight excluding hydrogens is 328 g/mol. The average Bonchev–Trinajstić information content (AvgIpc) is 3.32. The van der Waals surface area contributed by atoms with E-state index in [4.69, 9.17) is 13.6 Å². The van der Waals surface area contributed by atoms with Crippen LogP contribution in [0, 0.1) is 6.92 Å². The number of benzene rings is 1. The first-order chi connectivity index (χ1) is 12.8. The SMILES string of the molecule is Cc1oc(-c2ccoc2)nc1CN1CCC[C@@H](OCc2ccccc2)C1. The molecule has 26 heavy (non-hydrogen) atoms. The molecule has 3 aromatic rings. The molecule has 0 radical (unpaired) electrons. The molecule has 0 spiro atoms. The quantitative estimate of drug-likeness (QED) is 0.657. The van der Waals surface area contributed by atoms with Gasteiger partial charge in [0, 0.05) is 13.1 Å². The molecule has 136 valence electrons. The van der Waals surface area contributed by atoms with Gasteiger partial charge in [-0.25, -0.2) is 4.98 Å². The zero-order valence-corrected chi connectivity index (χ0v) is 15.1. The summed E-state index contributed by atoms with van der Waals surface area (Å²) < 4.78 is 17.1. The normalized spacial score (nSPS) is 18.3. The molecule has 4 rings (SSSR count). The number of nitrogens with zero attached hydrogens (tertiary/aromatic N) is 2. The summed E-state index contributed by atoms with van der Waals surface area (Å²) >= 11 is 0. The third-order valence-corrected chi connectivity index (χ3v) is 4.82. The van der Waals surface area contributed by atoms with E-state index >= 15 is 0 Å². The van der Waals surface area contributed by atoms with Gasteiger partial charge in [0.25, 0.3) is 0 Å². The van der Waals surface area contributed by atoms with Gasteiger partial charge in [0.1, 0.15) is 12.0 Å². The van der Waals surface area contributed by atoms with E-state index in [9.17, 15) is 0 Å². The van der Waals surface area contributed by atoms with Crippen LogP contribution in [0.2, 0.25) is 0 Å². The molecule has 0 aliphatic carbocycles. The van der Waals surface area contributed by atoms with E-state index in [1.54, 1.807) is 12.5 Å². The third kappa shape index (κ3) is 4.06. The summed E-state index contributed by atoms with van der Waals surface area (Å²) in [5.74, 6) is 1.49. The van der Waals surface area contributed by atoms with E-state index in [2.05, 4.69) is 34.1 Å². The second kappa shape index (κ2) is 7.89. The van der Waals surface area contributed by atoms with E-state index in [1.165, 1.54) is 5.56 Å². The maximum atomic E-state index is 6.13. The molecule has 3 heterocycles. The van der Waals surface area contributed by atoms with E-state index in [-0.39, 0.29) is 6.10 Å². The minimum atomic E-state index is 0.268. The summed E-state index contributed by atoms with van der Waals surface area (Å²) in [6.07, 6.45) is 5.81. The molecule has 1 aromatic carbocycles. The molecular formula is C21H24N2O3. The lowest BCUT2D eigenvalue weighted by Gasteiger charge is -2.32. The van der Waals surface area contributed by atoms with Crippen LogP contribution >= 0.6 is 0 Å². The van der Waals surface area contributed by atoms with Gasteiger partial charge in [0.05, 0.1) is 30.2 Å². The molecule has 5 heteroatoms. The van der Waals surface area contributed by atoms with E-state index in [0.29, 0.717) is 12.5 Å². The van der Waals surface area contributed by atoms with Crippen LogP contribution in [0.1, 0.15) is 29.9 Å². The fourth-order valence-electron chi connectivity index (χ4n) is 3.38. The van der Waals surface area contributed by atoms with Crippen LogP contribution < -0.4 is 0 Å². The largest absolute Gasteiger partial charge is 0.472 e. The number of hydrogen-bond acceptors (Lipinski definition) is 5. The van der Waals surface area contributed by atoms with Crippen LogP contribution in [0.4, 0.5) is 0 Å². The zero-order chi connectivity index (χ0) is 17.8. The van der Waals surface area contributed by atoms with Gasteiger partial charge in [-0.15, -0.1) is 0 Å². The predicted octanol–water partition coefficient (Wildman–Crippen LogP) is 4.42. The van der Waals surface area contributed by atoms with E-state index in [1.807, 2.05) is 19.1 Å². The lowest BCUT2D eigenvalue weighted by Crippen LogP contribution is -2.39. The van der Waals surface area contributed by atoms with Gasteiger partial charge in [0.2, 0.25) is 5.89 Å². The van der Waals surface area contributed by atoms with Crippen LogP contribution in [-0.2, 0) is 17.9 Å². The number of likely N-dealkylation sites (tertiary alicyclic amines) is 1. The molecule has 5 nitrogen and oxygen atoms in total. The first-order valence-corrected chi connectivity index (χ1v) is 9.14. The van der Waals surface area contributed by atoms with Crippen molar-refractivity contribution in [3.8, 4) is 11.5 Å². The monoisotopic (exact) mass is 352 g/mol. The number of piperidine rings is 1. The molecule has 1 aliphatic rings. The minimum Gasteiger partial charge on any atom is -0.472 e. The number of rotatable bonds is 6. The van der Waals surface area contributed by atoms with Crippen molar-refractivity contribution in [2.24, 2.45) is 0 Å². The molecule has 0 saturated carbocycles. The van der Waals surface area contributed by atoms with Gasteiger partial charge in [-0.1, -0.05) is 30.3 Å². The highest BCUT2D eigenvalue weighted by molar-refractivity contribution is 5.51. The molecule has 1 fully saturated rings. The number of oxazole rings is 1. The van der Waals surface area contributed by atoms with Crippen molar-refractivity contribution < 1.29 is 13.6 Å². The Morgan fingerprint density at radius 3 is 2.92 bits per heavy atom. The fourth-order valence-corrected chi connectivity index (χ4v) is 3.38. The third-order valence-electron chi connectivity index (χ3n) is 4.82. The van der Waals surface area contributed by atoms with Crippen molar-refractivity contribution in [3.05, 3.63) is 65.9 Å². The standard InChI is InChI=1S/C21H24N2O3/c1-16-20(22-21(26-16)18-9-11-24-15-18)13-23-10-5-8-19(12-23)25-14-17-6-3-2-4-7-17/h2-4,6-7,9,11,15,19H,5,8,10,12-14H2,1H3/t19-/m1/s1. The minimum absolute atomic E-state index is 0.268. The van der Waals surface area contributed by atoms with Gasteiger partial charge < -0.3 is 13.6 Å². The molecule has 0 N–H and O–H groups in total. The number of furan rings is 1. The van der Waals surface area contributed by atoms with E-state index in [0.717, 1.165) is 49.5 Å². The lowest BCUT2D eigenvalue weighted by molar-refractivity contribution is -0.0123. The zero-order valence-electron chi connectivity index (χ0n) is 15.1. The summed E-state index contributed by atoms with van der Waals surface area (Å²) in [6.45, 7) is 5.43. The highest BCUT2D eigenvalue weighted by atomic mass is 16.5. The number of hydrogen-bond donors (Lipinski definition) is 0. The molecule has 0 unspecified atom stereocenters. The van der Waals surface area contributed by atoms with Crippen LogP contribution in [0.5, 0.6) is 0 Å². The smallest absolute Gasteiger partial charge is 0.229 e. The molecule has 2 aromatic heterocycles. The van der Waals surface area contributed by atoms with Crippen molar-refractivity contribution in [1.82, 2.24) is 9.88 Å². The fraction of sp³-hybridized carbons (Fsp3) is 0.381. The summed E-state index contributed by atoms with van der Waals surface area (Å²) in [4.78, 5) is 7.06. The predicted molar refractivity (Wildman–Crippen MR) is 98.5 cm³/mol. The lowest BCUT2D eigenvalue weighted by atomic mass is 10.1. The molecule has 0 amide bonds. The number of ether oxygens (including phenoxy) is 1. The van der Waals surface area contributed by atoms with Crippen molar-refractivity contribution in [1.29, 1.82) is 0 Å². The van der Waals surface area contributed by atoms with Gasteiger partial charge in [-0.3, -0.25) is 4.90 Å². The molecule has 1 saturated heterocycles. The van der Waals surface area contributed by atoms with Crippen molar-refractivity contribution in [3.63, 3.8) is 0 Å². The van der Waals surface area contributed by atoms with Crippen molar-refractivity contribution >= 4 is 0 Å². The van der Waals surface area contributed by atoms with Crippen LogP contribution in [-0.4, -0.2) is 29.1 Å². The topological polar surface area (TPSA) is 51.6 Å². The Labute approximate surface area is 153 Å². The highest BCUT2D eigenvalue weighted by Crippen LogP contribution is 2.24. The van der Waals surface area contributed by atoms with E-state index < -0.39 is 0 Å².